The molecule has 0 amide bonds. The van der Waals surface area contributed by atoms with Crippen LogP contribution in [-0.2, 0) is 0 Å². The van der Waals surface area contributed by atoms with Crippen LogP contribution in [0.4, 0.5) is 0 Å². The smallest absolute Gasteiger partial charge is 0.119 e. The molecule has 1 aromatic rings. The number of likely N-dealkylation sites (tertiary alicyclic amines) is 1. The first-order valence-electron chi connectivity index (χ1n) is 8.93. The molecule has 0 bridgehead atoms. The summed E-state index contributed by atoms with van der Waals surface area (Å²) in [6, 6.07) is 8.58. The zero-order valence-electron chi connectivity index (χ0n) is 14.3. The number of hydrogen-bond donors (Lipinski definition) is 1. The number of hydrogen-bond acceptors (Lipinski definition) is 3. The summed E-state index contributed by atoms with van der Waals surface area (Å²) in [4.78, 5) is 2.59. The molecule has 0 aromatic heterocycles. The summed E-state index contributed by atoms with van der Waals surface area (Å²) in [6.45, 7) is 9.59. The van der Waals surface area contributed by atoms with E-state index < -0.39 is 0 Å². The molecule has 22 heavy (non-hydrogen) atoms. The van der Waals surface area contributed by atoms with E-state index in [1.165, 1.54) is 44.5 Å². The molecule has 1 aliphatic rings. The minimum Gasteiger partial charge on any atom is -0.494 e. The lowest BCUT2D eigenvalue weighted by molar-refractivity contribution is 0.169. The second-order valence-corrected chi connectivity index (χ2v) is 6.44. The summed E-state index contributed by atoms with van der Waals surface area (Å²) in [6.07, 6.45) is 4.83. The van der Waals surface area contributed by atoms with E-state index in [1.807, 2.05) is 0 Å². The Balaban J connectivity index is 1.99. The van der Waals surface area contributed by atoms with Gasteiger partial charge in [-0.25, -0.2) is 0 Å². The Hall–Kier alpha value is -1.06. The first kappa shape index (κ1) is 17.3. The number of benzene rings is 1. The van der Waals surface area contributed by atoms with Crippen LogP contribution in [0.5, 0.6) is 5.75 Å². The number of ether oxygens (including phenoxy) is 1. The van der Waals surface area contributed by atoms with E-state index in [2.05, 4.69) is 43.0 Å². The molecule has 3 heteroatoms. The molecule has 0 aliphatic carbocycles. The second kappa shape index (κ2) is 9.16. The van der Waals surface area contributed by atoms with Gasteiger partial charge >= 0.3 is 0 Å². The molecular weight excluding hydrogens is 272 g/mol. The van der Waals surface area contributed by atoms with Crippen LogP contribution in [0.25, 0.3) is 0 Å². The number of nitrogens with two attached hydrogens (primary N) is 1. The summed E-state index contributed by atoms with van der Waals surface area (Å²) in [7, 11) is 0. The van der Waals surface area contributed by atoms with Gasteiger partial charge in [-0.15, -0.1) is 0 Å². The Morgan fingerprint density at radius 1 is 1.23 bits per heavy atom. The van der Waals surface area contributed by atoms with Gasteiger partial charge in [0.2, 0.25) is 0 Å². The van der Waals surface area contributed by atoms with Crippen LogP contribution < -0.4 is 10.5 Å². The first-order valence-corrected chi connectivity index (χ1v) is 8.93. The molecule has 0 spiro atoms. The average molecular weight is 304 g/mol. The van der Waals surface area contributed by atoms with Crippen LogP contribution >= 0.6 is 0 Å². The van der Waals surface area contributed by atoms with Gasteiger partial charge in [-0.3, -0.25) is 0 Å². The Bertz CT molecular complexity index is 427. The van der Waals surface area contributed by atoms with E-state index >= 15 is 0 Å². The van der Waals surface area contributed by atoms with Gasteiger partial charge in [0.25, 0.3) is 0 Å². The molecule has 1 unspecified atom stereocenters. The van der Waals surface area contributed by atoms with E-state index in [4.69, 9.17) is 10.5 Å². The first-order chi connectivity index (χ1) is 10.8. The minimum absolute atomic E-state index is 0.467. The van der Waals surface area contributed by atoms with Crippen molar-refractivity contribution in [3.63, 3.8) is 0 Å². The summed E-state index contributed by atoms with van der Waals surface area (Å²) in [5, 5.41) is 0. The fraction of sp³-hybridized carbons (Fsp3) is 0.684. The largest absolute Gasteiger partial charge is 0.494 e. The highest BCUT2D eigenvalue weighted by Gasteiger charge is 2.26. The SMILES string of the molecule is CCCOc1cccc(C(CN)C2CCN(CCC)CC2)c1. The zero-order chi connectivity index (χ0) is 15.8. The molecule has 124 valence electrons. The fourth-order valence-electron chi connectivity index (χ4n) is 3.55. The highest BCUT2D eigenvalue weighted by molar-refractivity contribution is 5.31. The van der Waals surface area contributed by atoms with Crippen molar-refractivity contribution in [2.24, 2.45) is 11.7 Å². The lowest BCUT2D eigenvalue weighted by Crippen LogP contribution is -2.37. The highest BCUT2D eigenvalue weighted by Crippen LogP contribution is 2.33. The summed E-state index contributed by atoms with van der Waals surface area (Å²) >= 11 is 0. The third-order valence-electron chi connectivity index (χ3n) is 4.75. The molecular formula is C19H32N2O. The molecule has 3 nitrogen and oxygen atoms in total. The average Bonchev–Trinajstić information content (AvgIpc) is 2.56. The monoisotopic (exact) mass is 304 g/mol. The van der Waals surface area contributed by atoms with Crippen molar-refractivity contribution >= 4 is 0 Å². The maximum absolute atomic E-state index is 6.12. The van der Waals surface area contributed by atoms with E-state index in [-0.39, 0.29) is 0 Å². The molecule has 2 rings (SSSR count). The van der Waals surface area contributed by atoms with Crippen molar-refractivity contribution in [1.82, 2.24) is 4.90 Å². The maximum atomic E-state index is 6.12. The molecule has 1 aromatic carbocycles. The van der Waals surface area contributed by atoms with E-state index in [1.54, 1.807) is 0 Å². The number of nitrogens with zero attached hydrogens (tertiary/aromatic N) is 1. The number of piperidine rings is 1. The maximum Gasteiger partial charge on any atom is 0.119 e. The van der Waals surface area contributed by atoms with Gasteiger partial charge in [0.1, 0.15) is 5.75 Å². The molecule has 2 N–H and O–H groups in total. The molecule has 1 fully saturated rings. The molecule has 1 aliphatic heterocycles. The van der Waals surface area contributed by atoms with Gasteiger partial charge in [-0.1, -0.05) is 26.0 Å². The Labute approximate surface area is 135 Å². The lowest BCUT2D eigenvalue weighted by atomic mass is 9.80. The third-order valence-corrected chi connectivity index (χ3v) is 4.75. The number of rotatable bonds is 8. The van der Waals surface area contributed by atoms with E-state index in [0.29, 0.717) is 11.8 Å². The Morgan fingerprint density at radius 2 is 2.00 bits per heavy atom. The zero-order valence-corrected chi connectivity index (χ0v) is 14.3. The van der Waals surface area contributed by atoms with Crippen molar-refractivity contribution < 1.29 is 4.74 Å². The predicted octanol–water partition coefficient (Wildman–Crippen LogP) is 3.64. The molecule has 1 heterocycles. The van der Waals surface area contributed by atoms with Gasteiger partial charge in [0.05, 0.1) is 6.61 Å². The van der Waals surface area contributed by atoms with Gasteiger partial charge in [-0.2, -0.15) is 0 Å². The van der Waals surface area contributed by atoms with E-state index in [9.17, 15) is 0 Å². The lowest BCUT2D eigenvalue weighted by Gasteiger charge is -2.36. The van der Waals surface area contributed by atoms with Crippen LogP contribution in [0, 0.1) is 5.92 Å². The van der Waals surface area contributed by atoms with Crippen LogP contribution in [0.1, 0.15) is 51.0 Å². The Kier molecular flexibility index (Phi) is 7.20. The quantitative estimate of drug-likeness (QED) is 0.797. The predicted molar refractivity (Wildman–Crippen MR) is 93.5 cm³/mol. The van der Waals surface area contributed by atoms with Gasteiger partial charge < -0.3 is 15.4 Å². The van der Waals surface area contributed by atoms with Crippen LogP contribution in [0.2, 0.25) is 0 Å². The topological polar surface area (TPSA) is 38.5 Å². The van der Waals surface area contributed by atoms with Crippen LogP contribution in [0.15, 0.2) is 24.3 Å². The van der Waals surface area contributed by atoms with Crippen molar-refractivity contribution in [3.05, 3.63) is 29.8 Å². The summed E-state index contributed by atoms with van der Waals surface area (Å²) in [5.74, 6) is 2.16. The van der Waals surface area contributed by atoms with Gasteiger partial charge in [0, 0.05) is 0 Å². The van der Waals surface area contributed by atoms with Crippen molar-refractivity contribution in [3.8, 4) is 5.75 Å². The third kappa shape index (κ3) is 4.72. The van der Waals surface area contributed by atoms with Crippen LogP contribution in [0.3, 0.4) is 0 Å². The normalized spacial score (nSPS) is 18.3. The van der Waals surface area contributed by atoms with Crippen molar-refractivity contribution in [1.29, 1.82) is 0 Å². The summed E-state index contributed by atoms with van der Waals surface area (Å²) in [5.41, 5.74) is 7.48. The minimum atomic E-state index is 0.467. The standard InChI is InChI=1S/C19H32N2O/c1-3-10-21-11-8-16(9-12-21)19(15-20)17-6-5-7-18(14-17)22-13-4-2/h5-7,14,16,19H,3-4,8-13,15,20H2,1-2H3. The summed E-state index contributed by atoms with van der Waals surface area (Å²) < 4.78 is 5.78. The van der Waals surface area contributed by atoms with Gasteiger partial charge in [-0.05, 0) is 81.4 Å². The van der Waals surface area contributed by atoms with Crippen LogP contribution in [-0.4, -0.2) is 37.7 Å². The van der Waals surface area contributed by atoms with E-state index in [0.717, 1.165) is 25.3 Å². The van der Waals surface area contributed by atoms with Crippen molar-refractivity contribution in [2.75, 3.05) is 32.8 Å². The fourth-order valence-corrected chi connectivity index (χ4v) is 3.55. The van der Waals surface area contributed by atoms with Crippen molar-refractivity contribution in [2.45, 2.75) is 45.4 Å². The van der Waals surface area contributed by atoms with Gasteiger partial charge in [0.15, 0.2) is 0 Å². The Morgan fingerprint density at radius 3 is 2.64 bits per heavy atom. The molecule has 1 atom stereocenters. The molecule has 0 saturated carbocycles. The molecule has 0 radical (unpaired) electrons. The second-order valence-electron chi connectivity index (χ2n) is 6.44. The highest BCUT2D eigenvalue weighted by atomic mass is 16.5. The molecule has 1 saturated heterocycles.